The SMILES string of the molecule is N#Cc1ccccc1S(=O)(=O)N1CCC(Cc2ccccc2)CC1. The third kappa shape index (κ3) is 3.50. The quantitative estimate of drug-likeness (QED) is 0.859. The van der Waals surface area contributed by atoms with Crippen LogP contribution in [0.25, 0.3) is 0 Å². The Hall–Kier alpha value is -2.16. The molecule has 0 N–H and O–H groups in total. The Morgan fingerprint density at radius 2 is 1.62 bits per heavy atom. The first-order valence-corrected chi connectivity index (χ1v) is 9.58. The monoisotopic (exact) mass is 340 g/mol. The molecule has 2 aromatic carbocycles. The number of hydrogen-bond donors (Lipinski definition) is 0. The summed E-state index contributed by atoms with van der Waals surface area (Å²) in [6.07, 6.45) is 2.69. The van der Waals surface area contributed by atoms with E-state index in [1.54, 1.807) is 18.2 Å². The van der Waals surface area contributed by atoms with Crippen LogP contribution in [0.15, 0.2) is 59.5 Å². The molecule has 0 bridgehead atoms. The zero-order valence-electron chi connectivity index (χ0n) is 13.4. The topological polar surface area (TPSA) is 61.2 Å². The van der Waals surface area contributed by atoms with Crippen LogP contribution in [0.5, 0.6) is 0 Å². The van der Waals surface area contributed by atoms with E-state index in [1.165, 1.54) is 15.9 Å². The summed E-state index contributed by atoms with van der Waals surface area (Å²) in [5.41, 5.74) is 1.51. The van der Waals surface area contributed by atoms with Crippen LogP contribution in [0, 0.1) is 17.2 Å². The number of sulfonamides is 1. The van der Waals surface area contributed by atoms with E-state index < -0.39 is 10.0 Å². The normalized spacial score (nSPS) is 16.6. The fourth-order valence-corrected chi connectivity index (χ4v) is 4.84. The number of rotatable bonds is 4. The van der Waals surface area contributed by atoms with Crippen LogP contribution in [0.4, 0.5) is 0 Å². The van der Waals surface area contributed by atoms with Gasteiger partial charge in [-0.1, -0.05) is 42.5 Å². The number of nitriles is 1. The lowest BCUT2D eigenvalue weighted by molar-refractivity contribution is 0.273. The fraction of sp³-hybridized carbons (Fsp3) is 0.316. The van der Waals surface area contributed by atoms with Gasteiger partial charge in [0.2, 0.25) is 10.0 Å². The molecule has 0 saturated carbocycles. The molecule has 0 aliphatic carbocycles. The lowest BCUT2D eigenvalue weighted by atomic mass is 9.91. The lowest BCUT2D eigenvalue weighted by Gasteiger charge is -2.31. The van der Waals surface area contributed by atoms with Gasteiger partial charge >= 0.3 is 0 Å². The summed E-state index contributed by atoms with van der Waals surface area (Å²) in [6, 6.07) is 18.7. The van der Waals surface area contributed by atoms with E-state index in [1.807, 2.05) is 24.3 Å². The van der Waals surface area contributed by atoms with Gasteiger partial charge in [0.25, 0.3) is 0 Å². The Bertz CT molecular complexity index is 833. The molecule has 1 aliphatic rings. The molecule has 3 rings (SSSR count). The van der Waals surface area contributed by atoms with E-state index in [2.05, 4.69) is 12.1 Å². The summed E-state index contributed by atoms with van der Waals surface area (Å²) in [4.78, 5) is 0.119. The first-order valence-electron chi connectivity index (χ1n) is 8.14. The van der Waals surface area contributed by atoms with Crippen molar-refractivity contribution in [3.63, 3.8) is 0 Å². The molecular formula is C19H20N2O2S. The molecule has 0 amide bonds. The molecule has 2 aromatic rings. The summed E-state index contributed by atoms with van der Waals surface area (Å²) < 4.78 is 27.1. The van der Waals surface area contributed by atoms with Crippen LogP contribution in [-0.2, 0) is 16.4 Å². The highest BCUT2D eigenvalue weighted by molar-refractivity contribution is 7.89. The van der Waals surface area contributed by atoms with Gasteiger partial charge in [-0.2, -0.15) is 9.57 Å². The summed E-state index contributed by atoms with van der Waals surface area (Å²) >= 11 is 0. The van der Waals surface area contributed by atoms with Crippen molar-refractivity contribution in [2.24, 2.45) is 5.92 Å². The molecule has 124 valence electrons. The molecule has 0 unspecified atom stereocenters. The van der Waals surface area contributed by atoms with Gasteiger partial charge in [-0.05, 0) is 42.9 Å². The van der Waals surface area contributed by atoms with E-state index in [-0.39, 0.29) is 10.5 Å². The second-order valence-corrected chi connectivity index (χ2v) is 8.05. The van der Waals surface area contributed by atoms with Gasteiger partial charge in [0, 0.05) is 13.1 Å². The van der Waals surface area contributed by atoms with Crippen molar-refractivity contribution in [1.82, 2.24) is 4.31 Å². The highest BCUT2D eigenvalue weighted by Gasteiger charge is 2.30. The summed E-state index contributed by atoms with van der Waals surface area (Å²) in [5.74, 6) is 0.505. The molecule has 1 fully saturated rings. The molecule has 1 aliphatic heterocycles. The molecule has 24 heavy (non-hydrogen) atoms. The third-order valence-electron chi connectivity index (χ3n) is 4.57. The summed E-state index contributed by atoms with van der Waals surface area (Å²) in [7, 11) is -3.59. The molecule has 0 atom stereocenters. The molecular weight excluding hydrogens is 320 g/mol. The zero-order chi connectivity index (χ0) is 17.0. The predicted molar refractivity (Wildman–Crippen MR) is 92.8 cm³/mol. The Morgan fingerprint density at radius 3 is 2.29 bits per heavy atom. The van der Waals surface area contributed by atoms with Crippen LogP contribution < -0.4 is 0 Å². The van der Waals surface area contributed by atoms with E-state index in [0.717, 1.165) is 19.3 Å². The number of benzene rings is 2. The summed E-state index contributed by atoms with van der Waals surface area (Å²) in [5, 5.41) is 9.15. The van der Waals surface area contributed by atoms with Gasteiger partial charge < -0.3 is 0 Å². The minimum atomic E-state index is -3.59. The minimum Gasteiger partial charge on any atom is -0.207 e. The van der Waals surface area contributed by atoms with Crippen LogP contribution in [0.2, 0.25) is 0 Å². The van der Waals surface area contributed by atoms with Crippen LogP contribution in [0.1, 0.15) is 24.0 Å². The Balaban J connectivity index is 1.69. The van der Waals surface area contributed by atoms with Crippen molar-refractivity contribution < 1.29 is 8.42 Å². The Kier molecular flexibility index (Phi) is 4.98. The first kappa shape index (κ1) is 16.7. The largest absolute Gasteiger partial charge is 0.244 e. The molecule has 4 nitrogen and oxygen atoms in total. The maximum atomic E-state index is 12.8. The maximum absolute atomic E-state index is 12.8. The van der Waals surface area contributed by atoms with Crippen molar-refractivity contribution in [3.05, 3.63) is 65.7 Å². The number of hydrogen-bond acceptors (Lipinski definition) is 3. The van der Waals surface area contributed by atoms with Crippen LogP contribution >= 0.6 is 0 Å². The lowest BCUT2D eigenvalue weighted by Crippen LogP contribution is -2.39. The van der Waals surface area contributed by atoms with Gasteiger partial charge in [0.15, 0.2) is 0 Å². The van der Waals surface area contributed by atoms with E-state index >= 15 is 0 Å². The average Bonchev–Trinajstić information content (AvgIpc) is 2.63. The van der Waals surface area contributed by atoms with E-state index in [4.69, 9.17) is 5.26 Å². The number of nitrogens with zero attached hydrogens (tertiary/aromatic N) is 2. The van der Waals surface area contributed by atoms with Crippen molar-refractivity contribution in [1.29, 1.82) is 5.26 Å². The standard InChI is InChI=1S/C19H20N2O2S/c20-15-18-8-4-5-9-19(18)24(22,23)21-12-10-17(11-13-21)14-16-6-2-1-3-7-16/h1-9,17H,10-14H2. The second-order valence-electron chi connectivity index (χ2n) is 6.15. The molecule has 0 radical (unpaired) electrons. The van der Waals surface area contributed by atoms with Gasteiger partial charge in [0.05, 0.1) is 10.5 Å². The molecule has 5 heteroatoms. The second kappa shape index (κ2) is 7.16. The van der Waals surface area contributed by atoms with Crippen molar-refractivity contribution in [3.8, 4) is 6.07 Å². The molecule has 1 saturated heterocycles. The van der Waals surface area contributed by atoms with E-state index in [9.17, 15) is 8.42 Å². The Labute approximate surface area is 143 Å². The number of piperidine rings is 1. The average molecular weight is 340 g/mol. The molecule has 0 spiro atoms. The first-order chi connectivity index (χ1) is 11.6. The van der Waals surface area contributed by atoms with E-state index in [0.29, 0.717) is 19.0 Å². The van der Waals surface area contributed by atoms with Crippen molar-refractivity contribution >= 4 is 10.0 Å². The van der Waals surface area contributed by atoms with Gasteiger partial charge in [-0.25, -0.2) is 8.42 Å². The smallest absolute Gasteiger partial charge is 0.207 e. The highest BCUT2D eigenvalue weighted by Crippen LogP contribution is 2.27. The zero-order valence-corrected chi connectivity index (χ0v) is 14.2. The van der Waals surface area contributed by atoms with Crippen LogP contribution in [0.3, 0.4) is 0 Å². The predicted octanol–water partition coefficient (Wildman–Crippen LogP) is 3.20. The van der Waals surface area contributed by atoms with Gasteiger partial charge in [-0.3, -0.25) is 0 Å². The van der Waals surface area contributed by atoms with Crippen LogP contribution in [-0.4, -0.2) is 25.8 Å². The van der Waals surface area contributed by atoms with Crippen molar-refractivity contribution in [2.45, 2.75) is 24.2 Å². The van der Waals surface area contributed by atoms with Gasteiger partial charge in [-0.15, -0.1) is 0 Å². The van der Waals surface area contributed by atoms with Crippen molar-refractivity contribution in [2.75, 3.05) is 13.1 Å². The van der Waals surface area contributed by atoms with Gasteiger partial charge in [0.1, 0.15) is 6.07 Å². The molecule has 1 heterocycles. The molecule has 0 aromatic heterocycles. The third-order valence-corrected chi connectivity index (χ3v) is 6.52. The summed E-state index contributed by atoms with van der Waals surface area (Å²) in [6.45, 7) is 1.03. The highest BCUT2D eigenvalue weighted by atomic mass is 32.2. The Morgan fingerprint density at radius 1 is 1.00 bits per heavy atom. The maximum Gasteiger partial charge on any atom is 0.244 e. The minimum absolute atomic E-state index is 0.119. The fourth-order valence-electron chi connectivity index (χ4n) is 3.22.